The second kappa shape index (κ2) is 8.41. The van der Waals surface area contributed by atoms with Crippen molar-refractivity contribution in [2.45, 2.75) is 52.0 Å². The standard InChI is InChI=1S/C15H29N3O.HI/c1-4-16-14(18-12(2)10-19-3)17-11-15(8-5-9-15)13-6-7-13;/h12-13H,4-11H2,1-3H3,(H2,16,17,18);1H. The Labute approximate surface area is 140 Å². The number of aliphatic imine (C=N–C) groups is 1. The molecule has 2 aliphatic carbocycles. The van der Waals surface area contributed by atoms with Gasteiger partial charge in [-0.1, -0.05) is 6.42 Å². The molecule has 0 aliphatic heterocycles. The summed E-state index contributed by atoms with van der Waals surface area (Å²) in [7, 11) is 1.73. The fraction of sp³-hybridized carbons (Fsp3) is 0.933. The molecule has 0 aromatic heterocycles. The number of methoxy groups -OCH3 is 1. The first-order valence-electron chi connectivity index (χ1n) is 7.74. The highest BCUT2D eigenvalue weighted by atomic mass is 127. The fourth-order valence-electron chi connectivity index (χ4n) is 3.10. The van der Waals surface area contributed by atoms with Gasteiger partial charge in [0.1, 0.15) is 0 Å². The number of rotatable bonds is 7. The van der Waals surface area contributed by atoms with Gasteiger partial charge in [0, 0.05) is 26.2 Å². The van der Waals surface area contributed by atoms with Crippen molar-refractivity contribution < 1.29 is 4.74 Å². The lowest BCUT2D eigenvalue weighted by Gasteiger charge is -2.41. The summed E-state index contributed by atoms with van der Waals surface area (Å²) in [5, 5.41) is 6.75. The van der Waals surface area contributed by atoms with E-state index in [1.54, 1.807) is 7.11 Å². The SMILES string of the molecule is CCNC(=NCC1(C2CC2)CCC1)NC(C)COC.I. The van der Waals surface area contributed by atoms with Crippen LogP contribution in [0.5, 0.6) is 0 Å². The first-order chi connectivity index (χ1) is 9.20. The summed E-state index contributed by atoms with van der Waals surface area (Å²) >= 11 is 0. The molecule has 2 aliphatic rings. The van der Waals surface area contributed by atoms with Gasteiger partial charge in [-0.3, -0.25) is 4.99 Å². The number of nitrogens with zero attached hydrogens (tertiary/aromatic N) is 1. The van der Waals surface area contributed by atoms with E-state index in [0.29, 0.717) is 18.1 Å². The minimum absolute atomic E-state index is 0. The van der Waals surface area contributed by atoms with E-state index in [9.17, 15) is 0 Å². The summed E-state index contributed by atoms with van der Waals surface area (Å²) in [5.41, 5.74) is 0.548. The number of nitrogens with one attached hydrogen (secondary N) is 2. The number of ether oxygens (including phenoxy) is 1. The summed E-state index contributed by atoms with van der Waals surface area (Å²) in [6, 6.07) is 0.293. The van der Waals surface area contributed by atoms with Gasteiger partial charge in [-0.25, -0.2) is 0 Å². The molecule has 4 nitrogen and oxygen atoms in total. The van der Waals surface area contributed by atoms with Crippen LogP contribution in [0.4, 0.5) is 0 Å². The number of guanidine groups is 1. The maximum absolute atomic E-state index is 5.16. The Bertz CT molecular complexity index is 314. The van der Waals surface area contributed by atoms with Crippen LogP contribution in [0, 0.1) is 11.3 Å². The monoisotopic (exact) mass is 395 g/mol. The molecule has 20 heavy (non-hydrogen) atoms. The summed E-state index contributed by atoms with van der Waals surface area (Å²) in [5.74, 6) is 1.91. The number of halogens is 1. The molecule has 0 radical (unpaired) electrons. The Morgan fingerprint density at radius 1 is 1.40 bits per heavy atom. The van der Waals surface area contributed by atoms with Crippen LogP contribution in [0.25, 0.3) is 0 Å². The third kappa shape index (κ3) is 4.76. The Balaban J connectivity index is 0.00000200. The molecule has 2 rings (SSSR count). The maximum Gasteiger partial charge on any atom is 0.191 e. The average Bonchev–Trinajstić information content (AvgIpc) is 3.12. The zero-order chi connectivity index (χ0) is 13.7. The van der Waals surface area contributed by atoms with E-state index in [1.807, 2.05) is 0 Å². The van der Waals surface area contributed by atoms with Gasteiger partial charge in [-0.05, 0) is 50.9 Å². The first-order valence-corrected chi connectivity index (χ1v) is 7.74. The largest absolute Gasteiger partial charge is 0.383 e. The van der Waals surface area contributed by atoms with E-state index in [-0.39, 0.29) is 24.0 Å². The molecule has 1 unspecified atom stereocenters. The van der Waals surface area contributed by atoms with Gasteiger partial charge in [-0.2, -0.15) is 0 Å². The molecule has 0 aromatic rings. The van der Waals surface area contributed by atoms with Crippen molar-refractivity contribution in [1.29, 1.82) is 0 Å². The van der Waals surface area contributed by atoms with Crippen LogP contribution in [0.1, 0.15) is 46.0 Å². The Morgan fingerprint density at radius 3 is 2.55 bits per heavy atom. The number of hydrogen-bond donors (Lipinski definition) is 2. The van der Waals surface area contributed by atoms with Crippen molar-refractivity contribution in [3.8, 4) is 0 Å². The molecule has 0 heterocycles. The van der Waals surface area contributed by atoms with Gasteiger partial charge >= 0.3 is 0 Å². The molecule has 0 amide bonds. The molecule has 0 spiro atoms. The Morgan fingerprint density at radius 2 is 2.10 bits per heavy atom. The lowest BCUT2D eigenvalue weighted by Crippen LogP contribution is -2.45. The van der Waals surface area contributed by atoms with Crippen molar-refractivity contribution >= 4 is 29.9 Å². The number of hydrogen-bond acceptors (Lipinski definition) is 2. The molecule has 2 N–H and O–H groups in total. The predicted octanol–water partition coefficient (Wildman–Crippen LogP) is 2.77. The molecular formula is C15H30IN3O. The van der Waals surface area contributed by atoms with Crippen molar-refractivity contribution in [3.63, 3.8) is 0 Å². The predicted molar refractivity (Wildman–Crippen MR) is 94.9 cm³/mol. The van der Waals surface area contributed by atoms with Gasteiger partial charge in [0.2, 0.25) is 0 Å². The van der Waals surface area contributed by atoms with Gasteiger partial charge < -0.3 is 15.4 Å². The Hall–Kier alpha value is -0.0400. The minimum atomic E-state index is 0. The first kappa shape index (κ1) is 18.0. The van der Waals surface area contributed by atoms with E-state index in [2.05, 4.69) is 24.5 Å². The molecular weight excluding hydrogens is 365 g/mol. The highest BCUT2D eigenvalue weighted by Gasteiger charge is 2.48. The van der Waals surface area contributed by atoms with Gasteiger partial charge in [0.05, 0.1) is 6.61 Å². The normalized spacial score (nSPS) is 22.4. The third-order valence-electron chi connectivity index (χ3n) is 4.49. The van der Waals surface area contributed by atoms with Crippen LogP contribution in [-0.4, -0.2) is 38.8 Å². The maximum atomic E-state index is 5.16. The van der Waals surface area contributed by atoms with E-state index in [4.69, 9.17) is 9.73 Å². The molecule has 5 heteroatoms. The summed E-state index contributed by atoms with van der Waals surface area (Å²) in [6.07, 6.45) is 7.03. The van der Waals surface area contributed by atoms with Crippen LogP contribution in [-0.2, 0) is 4.74 Å². The molecule has 2 saturated carbocycles. The zero-order valence-corrected chi connectivity index (χ0v) is 15.4. The van der Waals surface area contributed by atoms with Crippen LogP contribution >= 0.6 is 24.0 Å². The summed E-state index contributed by atoms with van der Waals surface area (Å²) < 4.78 is 5.16. The van der Waals surface area contributed by atoms with Gasteiger partial charge in [0.25, 0.3) is 0 Å². The van der Waals surface area contributed by atoms with E-state index in [1.165, 1.54) is 32.1 Å². The molecule has 0 bridgehead atoms. The lowest BCUT2D eigenvalue weighted by atomic mass is 9.65. The van der Waals surface area contributed by atoms with Crippen molar-refractivity contribution in [2.24, 2.45) is 16.3 Å². The lowest BCUT2D eigenvalue weighted by molar-refractivity contribution is 0.113. The Kier molecular flexibility index (Phi) is 7.58. The van der Waals surface area contributed by atoms with Crippen LogP contribution in [0.3, 0.4) is 0 Å². The quantitative estimate of drug-likeness (QED) is 0.396. The molecule has 2 fully saturated rings. The highest BCUT2D eigenvalue weighted by Crippen LogP contribution is 2.57. The minimum Gasteiger partial charge on any atom is -0.383 e. The molecule has 118 valence electrons. The highest BCUT2D eigenvalue weighted by molar-refractivity contribution is 14.0. The third-order valence-corrected chi connectivity index (χ3v) is 4.49. The van der Waals surface area contributed by atoms with Crippen LogP contribution < -0.4 is 10.6 Å². The fourth-order valence-corrected chi connectivity index (χ4v) is 3.10. The average molecular weight is 395 g/mol. The summed E-state index contributed by atoms with van der Waals surface area (Å²) in [6.45, 7) is 6.83. The van der Waals surface area contributed by atoms with Crippen molar-refractivity contribution in [3.05, 3.63) is 0 Å². The van der Waals surface area contributed by atoms with Crippen LogP contribution in [0.2, 0.25) is 0 Å². The second-order valence-corrected chi connectivity index (χ2v) is 6.19. The van der Waals surface area contributed by atoms with E-state index in [0.717, 1.165) is 25.0 Å². The van der Waals surface area contributed by atoms with E-state index < -0.39 is 0 Å². The zero-order valence-electron chi connectivity index (χ0n) is 13.1. The molecule has 0 saturated heterocycles. The summed E-state index contributed by atoms with van der Waals surface area (Å²) in [4.78, 5) is 4.83. The van der Waals surface area contributed by atoms with Crippen LogP contribution in [0.15, 0.2) is 4.99 Å². The van der Waals surface area contributed by atoms with Gasteiger partial charge in [0.15, 0.2) is 5.96 Å². The second-order valence-electron chi connectivity index (χ2n) is 6.19. The van der Waals surface area contributed by atoms with E-state index >= 15 is 0 Å². The van der Waals surface area contributed by atoms with Crippen molar-refractivity contribution in [2.75, 3.05) is 26.8 Å². The smallest absolute Gasteiger partial charge is 0.191 e. The topological polar surface area (TPSA) is 45.7 Å². The van der Waals surface area contributed by atoms with Gasteiger partial charge in [-0.15, -0.1) is 24.0 Å². The molecule has 1 atom stereocenters. The van der Waals surface area contributed by atoms with Crippen molar-refractivity contribution in [1.82, 2.24) is 10.6 Å². The molecule has 0 aromatic carbocycles.